The fourth-order valence-corrected chi connectivity index (χ4v) is 1.08. The summed E-state index contributed by atoms with van der Waals surface area (Å²) in [6, 6.07) is 1.69. The van der Waals surface area contributed by atoms with Gasteiger partial charge in [0.05, 0.1) is 10.7 Å². The molecule has 0 saturated carbocycles. The van der Waals surface area contributed by atoms with E-state index >= 15 is 0 Å². The molecule has 4 heteroatoms. The summed E-state index contributed by atoms with van der Waals surface area (Å²) in [6.07, 6.45) is 1.47. The van der Waals surface area contributed by atoms with E-state index in [2.05, 4.69) is 21.2 Å². The number of amides is 1. The van der Waals surface area contributed by atoms with Gasteiger partial charge in [-0.25, -0.2) is 0 Å². The number of rotatable bonds is 2. The van der Waals surface area contributed by atoms with Gasteiger partial charge in [-0.1, -0.05) is 0 Å². The average molecular weight is 218 g/mol. The van der Waals surface area contributed by atoms with Crippen LogP contribution in [-0.2, 0) is 0 Å². The van der Waals surface area contributed by atoms with Crippen LogP contribution in [0.1, 0.15) is 17.5 Å². The Bertz CT molecular complexity index is 257. The van der Waals surface area contributed by atoms with Gasteiger partial charge in [-0.2, -0.15) is 0 Å². The lowest BCUT2D eigenvalue weighted by atomic mass is 10.4. The number of furan rings is 1. The van der Waals surface area contributed by atoms with Gasteiger partial charge in [-0.15, -0.1) is 0 Å². The zero-order chi connectivity index (χ0) is 8.27. The van der Waals surface area contributed by atoms with Gasteiger partial charge in [0.1, 0.15) is 0 Å². The van der Waals surface area contributed by atoms with Crippen molar-refractivity contribution in [2.45, 2.75) is 6.92 Å². The molecular formula is C7H8BrNO2. The molecule has 1 amide bonds. The van der Waals surface area contributed by atoms with E-state index in [1.54, 1.807) is 6.07 Å². The van der Waals surface area contributed by atoms with Crippen LogP contribution in [0.2, 0.25) is 0 Å². The van der Waals surface area contributed by atoms with Crippen molar-refractivity contribution in [2.75, 3.05) is 6.54 Å². The Labute approximate surface area is 72.9 Å². The predicted octanol–water partition coefficient (Wildman–Crippen LogP) is 1.79. The van der Waals surface area contributed by atoms with Gasteiger partial charge < -0.3 is 9.73 Å². The lowest BCUT2D eigenvalue weighted by molar-refractivity contribution is 0.0927. The van der Waals surface area contributed by atoms with Crippen molar-refractivity contribution >= 4 is 21.8 Å². The molecule has 0 aliphatic rings. The molecule has 0 aliphatic carbocycles. The standard InChI is InChI=1S/C7H8BrNO2/c1-2-9-7(10)6-5(8)3-4-11-6/h3-4H,2H2,1H3,(H,9,10). The van der Waals surface area contributed by atoms with Crippen LogP contribution in [0.15, 0.2) is 21.2 Å². The van der Waals surface area contributed by atoms with Crippen LogP contribution in [0.25, 0.3) is 0 Å². The van der Waals surface area contributed by atoms with Crippen molar-refractivity contribution < 1.29 is 9.21 Å². The molecule has 0 bridgehead atoms. The number of carbonyl (C=O) groups is 1. The van der Waals surface area contributed by atoms with Crippen LogP contribution in [0.3, 0.4) is 0 Å². The number of nitrogens with one attached hydrogen (secondary N) is 1. The first-order valence-corrected chi connectivity index (χ1v) is 4.06. The molecule has 1 heterocycles. The Morgan fingerprint density at radius 3 is 3.00 bits per heavy atom. The van der Waals surface area contributed by atoms with E-state index < -0.39 is 0 Å². The first kappa shape index (κ1) is 8.33. The van der Waals surface area contributed by atoms with Gasteiger partial charge >= 0.3 is 0 Å². The van der Waals surface area contributed by atoms with Gasteiger partial charge in [0.15, 0.2) is 0 Å². The second-order valence-electron chi connectivity index (χ2n) is 1.96. The molecule has 0 saturated heterocycles. The van der Waals surface area contributed by atoms with Gasteiger partial charge in [0.2, 0.25) is 5.76 Å². The summed E-state index contributed by atoms with van der Waals surface area (Å²) in [5, 5.41) is 2.63. The Morgan fingerprint density at radius 2 is 2.55 bits per heavy atom. The van der Waals surface area contributed by atoms with Crippen molar-refractivity contribution in [3.63, 3.8) is 0 Å². The third-order valence-electron chi connectivity index (χ3n) is 1.16. The zero-order valence-corrected chi connectivity index (χ0v) is 7.64. The zero-order valence-electron chi connectivity index (χ0n) is 6.06. The molecule has 11 heavy (non-hydrogen) atoms. The SMILES string of the molecule is CCNC(=O)c1occc1Br. The Kier molecular flexibility index (Phi) is 2.70. The average Bonchev–Trinajstić information content (AvgIpc) is 2.36. The molecule has 60 valence electrons. The van der Waals surface area contributed by atoms with Crippen LogP contribution in [0, 0.1) is 0 Å². The fraction of sp³-hybridized carbons (Fsp3) is 0.286. The number of hydrogen-bond donors (Lipinski definition) is 1. The van der Waals surface area contributed by atoms with Crippen LogP contribution in [-0.4, -0.2) is 12.5 Å². The van der Waals surface area contributed by atoms with Crippen LogP contribution >= 0.6 is 15.9 Å². The Balaban J connectivity index is 2.76. The minimum absolute atomic E-state index is 0.190. The second-order valence-corrected chi connectivity index (χ2v) is 2.81. The van der Waals surface area contributed by atoms with E-state index in [1.165, 1.54) is 6.26 Å². The van der Waals surface area contributed by atoms with Crippen LogP contribution in [0.5, 0.6) is 0 Å². The minimum atomic E-state index is -0.190. The molecule has 1 N–H and O–H groups in total. The van der Waals surface area contributed by atoms with Crippen molar-refractivity contribution in [1.29, 1.82) is 0 Å². The molecule has 0 radical (unpaired) electrons. The van der Waals surface area contributed by atoms with E-state index in [0.717, 1.165) is 0 Å². The van der Waals surface area contributed by atoms with Crippen molar-refractivity contribution in [1.82, 2.24) is 5.32 Å². The molecule has 0 aromatic carbocycles. The third kappa shape index (κ3) is 1.83. The quantitative estimate of drug-likeness (QED) is 0.822. The summed E-state index contributed by atoms with van der Waals surface area (Å²) in [5.74, 6) is 0.135. The van der Waals surface area contributed by atoms with Crippen molar-refractivity contribution in [3.8, 4) is 0 Å². The number of halogens is 1. The maximum Gasteiger partial charge on any atom is 0.288 e. The maximum absolute atomic E-state index is 11.1. The second kappa shape index (κ2) is 3.57. The van der Waals surface area contributed by atoms with Crippen LogP contribution < -0.4 is 5.32 Å². The summed E-state index contributed by atoms with van der Waals surface area (Å²) >= 11 is 3.18. The molecule has 0 fully saturated rings. The summed E-state index contributed by atoms with van der Waals surface area (Å²) < 4.78 is 5.60. The maximum atomic E-state index is 11.1. The largest absolute Gasteiger partial charge is 0.458 e. The lowest BCUT2D eigenvalue weighted by Crippen LogP contribution is -2.22. The minimum Gasteiger partial charge on any atom is -0.458 e. The van der Waals surface area contributed by atoms with E-state index in [9.17, 15) is 4.79 Å². The fourth-order valence-electron chi connectivity index (χ4n) is 0.697. The predicted molar refractivity (Wildman–Crippen MR) is 44.4 cm³/mol. The van der Waals surface area contributed by atoms with E-state index in [0.29, 0.717) is 16.8 Å². The monoisotopic (exact) mass is 217 g/mol. The molecule has 3 nitrogen and oxygen atoms in total. The first-order valence-electron chi connectivity index (χ1n) is 3.27. The smallest absolute Gasteiger partial charge is 0.288 e. The molecule has 0 atom stereocenters. The number of carbonyl (C=O) groups excluding carboxylic acids is 1. The highest BCUT2D eigenvalue weighted by atomic mass is 79.9. The summed E-state index contributed by atoms with van der Waals surface area (Å²) in [5.41, 5.74) is 0. The van der Waals surface area contributed by atoms with Crippen LogP contribution in [0.4, 0.5) is 0 Å². The highest BCUT2D eigenvalue weighted by Gasteiger charge is 2.11. The topological polar surface area (TPSA) is 42.2 Å². The molecule has 0 spiro atoms. The molecule has 1 aromatic heterocycles. The summed E-state index contributed by atoms with van der Waals surface area (Å²) in [6.45, 7) is 2.46. The third-order valence-corrected chi connectivity index (χ3v) is 1.79. The molecule has 1 aromatic rings. The van der Waals surface area contributed by atoms with Crippen molar-refractivity contribution in [3.05, 3.63) is 22.6 Å². The van der Waals surface area contributed by atoms with E-state index in [4.69, 9.17) is 4.42 Å². The summed E-state index contributed by atoms with van der Waals surface area (Å²) in [4.78, 5) is 11.1. The van der Waals surface area contributed by atoms with Gasteiger partial charge in [-0.05, 0) is 28.9 Å². The Morgan fingerprint density at radius 1 is 1.82 bits per heavy atom. The highest BCUT2D eigenvalue weighted by molar-refractivity contribution is 9.10. The van der Waals surface area contributed by atoms with Gasteiger partial charge in [0, 0.05) is 6.54 Å². The van der Waals surface area contributed by atoms with Gasteiger partial charge in [-0.3, -0.25) is 4.79 Å². The van der Waals surface area contributed by atoms with E-state index in [1.807, 2.05) is 6.92 Å². The lowest BCUT2D eigenvalue weighted by Gasteiger charge is -1.97. The molecule has 0 unspecified atom stereocenters. The normalized spacial score (nSPS) is 9.64. The number of hydrogen-bond acceptors (Lipinski definition) is 2. The summed E-state index contributed by atoms with van der Waals surface area (Å²) in [7, 11) is 0. The van der Waals surface area contributed by atoms with Gasteiger partial charge in [0.25, 0.3) is 5.91 Å². The highest BCUT2D eigenvalue weighted by Crippen LogP contribution is 2.16. The molecular weight excluding hydrogens is 210 g/mol. The molecule has 1 rings (SSSR count). The van der Waals surface area contributed by atoms with E-state index in [-0.39, 0.29) is 5.91 Å². The molecule has 0 aliphatic heterocycles. The van der Waals surface area contributed by atoms with Crippen molar-refractivity contribution in [2.24, 2.45) is 0 Å². The Hall–Kier alpha value is -0.770. The first-order chi connectivity index (χ1) is 5.25.